The van der Waals surface area contributed by atoms with Gasteiger partial charge in [0.1, 0.15) is 11.4 Å². The quantitative estimate of drug-likeness (QED) is 0.875. The molecule has 1 aromatic rings. The number of rotatable bonds is 2. The zero-order chi connectivity index (χ0) is 14.1. The highest BCUT2D eigenvalue weighted by Gasteiger charge is 2.25. The maximum absolute atomic E-state index is 11.9. The fraction of sp³-hybridized carbons (Fsp3) is 0.667. The summed E-state index contributed by atoms with van der Waals surface area (Å²) in [5.74, 6) is 0.564. The second kappa shape index (κ2) is 4.88. The van der Waals surface area contributed by atoms with Crippen LogP contribution in [0.15, 0.2) is 6.07 Å². The molecule has 2 N–H and O–H groups in total. The SMILES string of the molecule is CC(c1cc(N)n(C)n1)N(C)C(=O)OC(C)(C)C. The highest BCUT2D eigenvalue weighted by Crippen LogP contribution is 2.21. The van der Waals surface area contributed by atoms with Gasteiger partial charge in [-0.3, -0.25) is 4.68 Å². The third-order valence-electron chi connectivity index (χ3n) is 2.63. The maximum Gasteiger partial charge on any atom is 0.410 e. The summed E-state index contributed by atoms with van der Waals surface area (Å²) in [5, 5.41) is 4.25. The third kappa shape index (κ3) is 3.38. The number of carbonyl (C=O) groups is 1. The molecule has 1 aromatic heterocycles. The zero-order valence-electron chi connectivity index (χ0n) is 11.9. The van der Waals surface area contributed by atoms with Gasteiger partial charge >= 0.3 is 6.09 Å². The van der Waals surface area contributed by atoms with Crippen molar-refractivity contribution < 1.29 is 9.53 Å². The van der Waals surface area contributed by atoms with E-state index in [4.69, 9.17) is 10.5 Å². The monoisotopic (exact) mass is 254 g/mol. The van der Waals surface area contributed by atoms with Crippen LogP contribution in [0.5, 0.6) is 0 Å². The van der Waals surface area contributed by atoms with E-state index in [0.717, 1.165) is 5.69 Å². The lowest BCUT2D eigenvalue weighted by molar-refractivity contribution is 0.0230. The second-order valence-corrected chi connectivity index (χ2v) is 5.38. The summed E-state index contributed by atoms with van der Waals surface area (Å²) in [6, 6.07) is 1.56. The van der Waals surface area contributed by atoms with Crippen molar-refractivity contribution in [3.8, 4) is 0 Å². The van der Waals surface area contributed by atoms with Gasteiger partial charge in [-0.1, -0.05) is 0 Å². The number of aryl methyl sites for hydroxylation is 1. The van der Waals surface area contributed by atoms with Crippen molar-refractivity contribution in [3.63, 3.8) is 0 Å². The molecule has 6 nitrogen and oxygen atoms in total. The molecule has 0 bridgehead atoms. The van der Waals surface area contributed by atoms with Crippen molar-refractivity contribution in [2.75, 3.05) is 12.8 Å². The van der Waals surface area contributed by atoms with Crippen LogP contribution < -0.4 is 5.73 Å². The van der Waals surface area contributed by atoms with Gasteiger partial charge in [-0.15, -0.1) is 0 Å². The van der Waals surface area contributed by atoms with Crippen LogP contribution in [0.1, 0.15) is 39.4 Å². The predicted molar refractivity (Wildman–Crippen MR) is 70.0 cm³/mol. The van der Waals surface area contributed by atoms with Crippen molar-refractivity contribution in [2.24, 2.45) is 7.05 Å². The summed E-state index contributed by atoms with van der Waals surface area (Å²) in [6.45, 7) is 7.39. The first kappa shape index (κ1) is 14.3. The molecule has 0 aromatic carbocycles. The Morgan fingerprint density at radius 3 is 2.50 bits per heavy atom. The first-order chi connectivity index (χ1) is 8.11. The van der Waals surface area contributed by atoms with E-state index < -0.39 is 5.60 Å². The van der Waals surface area contributed by atoms with Crippen molar-refractivity contribution in [2.45, 2.75) is 39.3 Å². The molecule has 1 amide bonds. The van der Waals surface area contributed by atoms with Gasteiger partial charge in [-0.05, 0) is 27.7 Å². The standard InChI is InChI=1S/C12H22N4O2/c1-8(9-7-10(13)16(6)14-9)15(5)11(17)18-12(2,3)4/h7-8H,13H2,1-6H3. The van der Waals surface area contributed by atoms with Gasteiger partial charge < -0.3 is 15.4 Å². The number of hydrogen-bond donors (Lipinski definition) is 1. The van der Waals surface area contributed by atoms with E-state index in [1.165, 1.54) is 4.90 Å². The lowest BCUT2D eigenvalue weighted by Gasteiger charge is -2.27. The number of carbonyl (C=O) groups excluding carboxylic acids is 1. The van der Waals surface area contributed by atoms with Crippen molar-refractivity contribution in [1.29, 1.82) is 0 Å². The van der Waals surface area contributed by atoms with Crippen molar-refractivity contribution in [3.05, 3.63) is 11.8 Å². The smallest absolute Gasteiger partial charge is 0.410 e. The zero-order valence-corrected chi connectivity index (χ0v) is 11.9. The average Bonchev–Trinajstić information content (AvgIpc) is 2.54. The summed E-state index contributed by atoms with van der Waals surface area (Å²) in [6.07, 6.45) is -0.376. The van der Waals surface area contributed by atoms with Gasteiger partial charge in [0.2, 0.25) is 0 Å². The summed E-state index contributed by atoms with van der Waals surface area (Å²) < 4.78 is 6.88. The predicted octanol–water partition coefficient (Wildman–Crippen LogP) is 1.93. The highest BCUT2D eigenvalue weighted by molar-refractivity contribution is 5.68. The molecule has 0 saturated carbocycles. The van der Waals surface area contributed by atoms with Gasteiger partial charge in [-0.25, -0.2) is 4.79 Å². The minimum Gasteiger partial charge on any atom is -0.444 e. The van der Waals surface area contributed by atoms with E-state index in [-0.39, 0.29) is 12.1 Å². The molecule has 0 aliphatic carbocycles. The topological polar surface area (TPSA) is 73.4 Å². The molecule has 0 spiro atoms. The van der Waals surface area contributed by atoms with Crippen LogP contribution in [0.2, 0.25) is 0 Å². The van der Waals surface area contributed by atoms with Crippen LogP contribution in [-0.2, 0) is 11.8 Å². The van der Waals surface area contributed by atoms with E-state index >= 15 is 0 Å². The number of amides is 1. The van der Waals surface area contributed by atoms with Crippen LogP contribution in [-0.4, -0.2) is 33.4 Å². The molecule has 0 aliphatic rings. The summed E-state index contributed by atoms with van der Waals surface area (Å²) >= 11 is 0. The minimum absolute atomic E-state index is 0.191. The molecule has 1 unspecified atom stereocenters. The number of ether oxygens (including phenoxy) is 1. The molecule has 18 heavy (non-hydrogen) atoms. The third-order valence-corrected chi connectivity index (χ3v) is 2.63. The number of anilines is 1. The van der Waals surface area contributed by atoms with Crippen LogP contribution in [0.25, 0.3) is 0 Å². The Hall–Kier alpha value is -1.72. The fourth-order valence-electron chi connectivity index (χ4n) is 1.40. The lowest BCUT2D eigenvalue weighted by Crippen LogP contribution is -2.35. The molecular weight excluding hydrogens is 232 g/mol. The maximum atomic E-state index is 11.9. The number of hydrogen-bond acceptors (Lipinski definition) is 4. The van der Waals surface area contributed by atoms with Crippen molar-refractivity contribution >= 4 is 11.9 Å². The van der Waals surface area contributed by atoms with Crippen molar-refractivity contribution in [1.82, 2.24) is 14.7 Å². The summed E-state index contributed by atoms with van der Waals surface area (Å²) in [4.78, 5) is 13.4. The molecule has 1 rings (SSSR count). The van der Waals surface area contributed by atoms with Gasteiger partial charge in [0.25, 0.3) is 0 Å². The Morgan fingerprint density at radius 2 is 2.11 bits per heavy atom. The molecule has 0 saturated heterocycles. The number of nitrogens with two attached hydrogens (primary N) is 1. The molecule has 6 heteroatoms. The highest BCUT2D eigenvalue weighted by atomic mass is 16.6. The summed E-state index contributed by atoms with van der Waals surface area (Å²) in [7, 11) is 3.45. The van der Waals surface area contributed by atoms with Gasteiger partial charge in [0.15, 0.2) is 0 Å². The molecule has 102 valence electrons. The van der Waals surface area contributed by atoms with Crippen LogP contribution in [0.3, 0.4) is 0 Å². The molecule has 1 atom stereocenters. The number of nitrogens with zero attached hydrogens (tertiary/aromatic N) is 3. The Labute approximate surface area is 108 Å². The van der Waals surface area contributed by atoms with Crippen LogP contribution in [0, 0.1) is 0 Å². The van der Waals surface area contributed by atoms with Gasteiger partial charge in [-0.2, -0.15) is 5.10 Å². The van der Waals surface area contributed by atoms with Crippen LogP contribution >= 0.6 is 0 Å². The summed E-state index contributed by atoms with van der Waals surface area (Å²) in [5.41, 5.74) is 5.96. The van der Waals surface area contributed by atoms with E-state index in [9.17, 15) is 4.79 Å². The van der Waals surface area contributed by atoms with E-state index in [2.05, 4.69) is 5.10 Å². The average molecular weight is 254 g/mol. The number of aromatic nitrogens is 2. The first-order valence-corrected chi connectivity index (χ1v) is 5.87. The van der Waals surface area contributed by atoms with Gasteiger partial charge in [0, 0.05) is 20.2 Å². The minimum atomic E-state index is -0.506. The largest absolute Gasteiger partial charge is 0.444 e. The van der Waals surface area contributed by atoms with Gasteiger partial charge in [0.05, 0.1) is 11.7 Å². The van der Waals surface area contributed by atoms with Crippen LogP contribution in [0.4, 0.5) is 10.6 Å². The molecule has 1 heterocycles. The lowest BCUT2D eigenvalue weighted by atomic mass is 10.2. The second-order valence-electron chi connectivity index (χ2n) is 5.38. The molecular formula is C12H22N4O2. The first-order valence-electron chi connectivity index (χ1n) is 5.87. The fourth-order valence-corrected chi connectivity index (χ4v) is 1.40. The number of nitrogen functional groups attached to an aromatic ring is 1. The van der Waals surface area contributed by atoms with E-state index in [1.54, 1.807) is 24.8 Å². The normalized spacial score (nSPS) is 13.2. The molecule has 0 aliphatic heterocycles. The molecule has 0 radical (unpaired) electrons. The Bertz CT molecular complexity index is 414. The molecule has 0 fully saturated rings. The Morgan fingerprint density at radius 1 is 1.56 bits per heavy atom. The Balaban J connectivity index is 2.77. The van der Waals surface area contributed by atoms with E-state index in [0.29, 0.717) is 5.82 Å². The van der Waals surface area contributed by atoms with E-state index in [1.807, 2.05) is 27.7 Å². The Kier molecular flexibility index (Phi) is 3.88.